The van der Waals surface area contributed by atoms with Crippen LogP contribution in [0.3, 0.4) is 0 Å². The van der Waals surface area contributed by atoms with Gasteiger partial charge >= 0.3 is 0 Å². The average molecular weight is 462 g/mol. The van der Waals surface area contributed by atoms with E-state index < -0.39 is 0 Å². The Morgan fingerprint density at radius 1 is 0.829 bits per heavy atom. The number of aromatic nitrogens is 4. The fourth-order valence-corrected chi connectivity index (χ4v) is 4.52. The Bertz CT molecular complexity index is 1360. The summed E-state index contributed by atoms with van der Waals surface area (Å²) in [5, 5.41) is 20.4. The molecule has 0 unspecified atom stereocenters. The SMILES string of the molecule is O=C[C@H](CCc1cccc2ccccc12)N[C@@H](Cc1ccc(-c2ccccc2)cc1)c1nnn[nH]1. The van der Waals surface area contributed by atoms with Crippen molar-refractivity contribution in [1.82, 2.24) is 25.9 Å². The van der Waals surface area contributed by atoms with Crippen LogP contribution in [0.5, 0.6) is 0 Å². The van der Waals surface area contributed by atoms with Crippen molar-refractivity contribution in [1.29, 1.82) is 0 Å². The standard InChI is InChI=1S/C29H27N5O/c35-20-26(18-17-25-11-6-10-24-9-4-5-12-27(24)25)30-28(29-31-33-34-32-29)19-21-13-15-23(16-14-21)22-7-2-1-3-8-22/h1-16,20,26,28,30H,17-19H2,(H,31,32,33,34)/t26-,28-/m0/s1. The molecule has 5 rings (SSSR count). The predicted octanol–water partition coefficient (Wildman–Crippen LogP) is 5.09. The number of carbonyl (C=O) groups is 1. The van der Waals surface area contributed by atoms with Crippen LogP contribution in [0.4, 0.5) is 0 Å². The smallest absolute Gasteiger partial charge is 0.165 e. The van der Waals surface area contributed by atoms with Crippen LogP contribution in [0, 0.1) is 0 Å². The van der Waals surface area contributed by atoms with Crippen LogP contribution in [-0.4, -0.2) is 33.0 Å². The number of nitrogens with one attached hydrogen (secondary N) is 2. The minimum atomic E-state index is -0.326. The second-order valence-electron chi connectivity index (χ2n) is 8.69. The fourth-order valence-electron chi connectivity index (χ4n) is 4.52. The number of nitrogens with zero attached hydrogens (tertiary/aromatic N) is 3. The first-order valence-corrected chi connectivity index (χ1v) is 11.9. The van der Waals surface area contributed by atoms with Crippen LogP contribution < -0.4 is 5.32 Å². The van der Waals surface area contributed by atoms with Crippen LogP contribution in [0.25, 0.3) is 21.9 Å². The molecule has 5 aromatic rings. The molecule has 1 aromatic heterocycles. The lowest BCUT2D eigenvalue weighted by atomic mass is 9.97. The number of benzene rings is 4. The van der Waals surface area contributed by atoms with Gasteiger partial charge in [0, 0.05) is 0 Å². The van der Waals surface area contributed by atoms with Crippen LogP contribution in [0.1, 0.15) is 29.4 Å². The van der Waals surface area contributed by atoms with Crippen molar-refractivity contribution < 1.29 is 4.79 Å². The second kappa shape index (κ2) is 10.8. The second-order valence-corrected chi connectivity index (χ2v) is 8.69. The van der Waals surface area contributed by atoms with Gasteiger partial charge < -0.3 is 4.79 Å². The Morgan fingerprint density at radius 2 is 1.57 bits per heavy atom. The number of carbonyl (C=O) groups excluding carboxylic acids is 1. The lowest BCUT2D eigenvalue weighted by molar-refractivity contribution is -0.109. The monoisotopic (exact) mass is 461 g/mol. The molecule has 0 fully saturated rings. The van der Waals surface area contributed by atoms with E-state index in [1.165, 1.54) is 27.5 Å². The number of aldehydes is 1. The summed E-state index contributed by atoms with van der Waals surface area (Å²) in [5.74, 6) is 0.620. The van der Waals surface area contributed by atoms with E-state index in [1.807, 2.05) is 24.3 Å². The summed E-state index contributed by atoms with van der Waals surface area (Å²) in [5.41, 5.74) is 4.73. The maximum Gasteiger partial charge on any atom is 0.165 e. The minimum Gasteiger partial charge on any atom is -0.302 e. The highest BCUT2D eigenvalue weighted by Gasteiger charge is 2.21. The zero-order valence-corrected chi connectivity index (χ0v) is 19.3. The van der Waals surface area contributed by atoms with E-state index in [4.69, 9.17) is 0 Å². The van der Waals surface area contributed by atoms with E-state index in [0.717, 1.165) is 18.3 Å². The van der Waals surface area contributed by atoms with Crippen molar-refractivity contribution in [2.24, 2.45) is 0 Å². The molecule has 174 valence electrons. The van der Waals surface area contributed by atoms with Crippen LogP contribution in [0.15, 0.2) is 97.1 Å². The largest absolute Gasteiger partial charge is 0.302 e. The van der Waals surface area contributed by atoms with Crippen LogP contribution >= 0.6 is 0 Å². The molecule has 0 amide bonds. The Hall–Kier alpha value is -4.16. The molecule has 6 heteroatoms. The molecular formula is C29H27N5O. The highest BCUT2D eigenvalue weighted by molar-refractivity contribution is 5.85. The van der Waals surface area contributed by atoms with Gasteiger partial charge in [0.2, 0.25) is 0 Å². The van der Waals surface area contributed by atoms with E-state index in [2.05, 4.69) is 98.7 Å². The summed E-state index contributed by atoms with van der Waals surface area (Å²) in [6.45, 7) is 0. The van der Waals surface area contributed by atoms with Crippen LogP contribution in [-0.2, 0) is 17.6 Å². The zero-order valence-electron chi connectivity index (χ0n) is 19.3. The topological polar surface area (TPSA) is 83.6 Å². The van der Waals surface area contributed by atoms with Crippen molar-refractivity contribution in [2.75, 3.05) is 0 Å². The van der Waals surface area contributed by atoms with E-state index in [0.29, 0.717) is 18.7 Å². The van der Waals surface area contributed by atoms with Gasteiger partial charge in [0.25, 0.3) is 0 Å². The quantitative estimate of drug-likeness (QED) is 0.283. The first-order valence-electron chi connectivity index (χ1n) is 11.9. The van der Waals surface area contributed by atoms with Gasteiger partial charge in [-0.2, -0.15) is 0 Å². The third-order valence-electron chi connectivity index (χ3n) is 6.38. The molecule has 1 heterocycles. The predicted molar refractivity (Wildman–Crippen MR) is 138 cm³/mol. The van der Waals surface area contributed by atoms with Gasteiger partial charge in [0.05, 0.1) is 12.1 Å². The molecule has 0 aliphatic heterocycles. The summed E-state index contributed by atoms with van der Waals surface area (Å²) in [6, 6.07) is 32.9. The van der Waals surface area contributed by atoms with E-state index >= 15 is 0 Å². The summed E-state index contributed by atoms with van der Waals surface area (Å²) in [4.78, 5) is 12.0. The molecule has 0 aliphatic rings. The number of tetrazole rings is 1. The van der Waals surface area contributed by atoms with Crippen molar-refractivity contribution in [3.8, 4) is 11.1 Å². The zero-order chi connectivity index (χ0) is 23.9. The number of aromatic amines is 1. The van der Waals surface area contributed by atoms with Crippen molar-refractivity contribution in [3.05, 3.63) is 114 Å². The van der Waals surface area contributed by atoms with Crippen molar-refractivity contribution in [2.45, 2.75) is 31.3 Å². The number of rotatable bonds is 10. The Kier molecular flexibility index (Phi) is 7.01. The highest BCUT2D eigenvalue weighted by atomic mass is 16.1. The molecule has 0 saturated carbocycles. The van der Waals surface area contributed by atoms with Crippen LogP contribution in [0.2, 0.25) is 0 Å². The number of aryl methyl sites for hydroxylation is 1. The lowest BCUT2D eigenvalue weighted by Gasteiger charge is -2.21. The molecule has 0 bridgehead atoms. The van der Waals surface area contributed by atoms with Gasteiger partial charge in [-0.15, -0.1) is 5.10 Å². The molecule has 0 radical (unpaired) electrons. The normalized spacial score (nSPS) is 12.9. The maximum absolute atomic E-state index is 12.0. The molecule has 0 spiro atoms. The minimum absolute atomic E-state index is 0.213. The third-order valence-corrected chi connectivity index (χ3v) is 6.38. The molecule has 6 nitrogen and oxygen atoms in total. The Morgan fingerprint density at radius 3 is 2.34 bits per heavy atom. The number of hydrogen-bond donors (Lipinski definition) is 2. The van der Waals surface area contributed by atoms with Gasteiger partial charge in [-0.25, -0.2) is 5.10 Å². The number of H-pyrrole nitrogens is 1. The summed E-state index contributed by atoms with van der Waals surface area (Å²) < 4.78 is 0. The Labute approximate surface area is 204 Å². The molecule has 2 N–H and O–H groups in total. The van der Waals surface area contributed by atoms with E-state index in [1.54, 1.807) is 0 Å². The molecule has 0 aliphatic carbocycles. The van der Waals surface area contributed by atoms with E-state index in [-0.39, 0.29) is 12.1 Å². The summed E-state index contributed by atoms with van der Waals surface area (Å²) in [6.07, 6.45) is 3.12. The highest BCUT2D eigenvalue weighted by Crippen LogP contribution is 2.23. The molecule has 4 aromatic carbocycles. The van der Waals surface area contributed by atoms with Gasteiger partial charge in [-0.1, -0.05) is 97.1 Å². The Balaban J connectivity index is 1.29. The summed E-state index contributed by atoms with van der Waals surface area (Å²) >= 11 is 0. The van der Waals surface area contributed by atoms with Crippen molar-refractivity contribution >= 4 is 17.1 Å². The fraction of sp³-hybridized carbons (Fsp3) is 0.172. The molecule has 0 saturated heterocycles. The van der Waals surface area contributed by atoms with E-state index in [9.17, 15) is 4.79 Å². The molecule has 35 heavy (non-hydrogen) atoms. The third kappa shape index (κ3) is 5.50. The number of hydrogen-bond acceptors (Lipinski definition) is 5. The maximum atomic E-state index is 12.0. The first kappa shape index (κ1) is 22.6. The lowest BCUT2D eigenvalue weighted by Crippen LogP contribution is -2.36. The van der Waals surface area contributed by atoms with Gasteiger partial charge in [0.15, 0.2) is 5.82 Å². The van der Waals surface area contributed by atoms with Gasteiger partial charge in [-0.3, -0.25) is 5.32 Å². The molecular weight excluding hydrogens is 434 g/mol. The van der Waals surface area contributed by atoms with Crippen molar-refractivity contribution in [3.63, 3.8) is 0 Å². The first-order chi connectivity index (χ1) is 17.3. The average Bonchev–Trinajstić information content (AvgIpc) is 3.46. The van der Waals surface area contributed by atoms with Gasteiger partial charge in [0.1, 0.15) is 6.29 Å². The number of fused-ring (bicyclic) bond motifs is 1. The van der Waals surface area contributed by atoms with Gasteiger partial charge in [-0.05, 0) is 62.7 Å². The summed E-state index contributed by atoms with van der Waals surface area (Å²) in [7, 11) is 0. The molecule has 2 atom stereocenters.